The van der Waals surface area contributed by atoms with Gasteiger partial charge in [0.05, 0.1) is 5.69 Å². The average Bonchev–Trinajstić information content (AvgIpc) is 2.85. The molecule has 0 saturated carbocycles. The van der Waals surface area contributed by atoms with Gasteiger partial charge in [-0.25, -0.2) is 4.98 Å². The maximum atomic E-state index is 4.46. The Labute approximate surface area is 114 Å². The molecular weight excluding hydrogens is 238 g/mol. The van der Waals surface area contributed by atoms with E-state index >= 15 is 0 Å². The average molecular weight is 261 g/mol. The SMILES string of the molecule is Cc1nn(C)c(C)c1C(C)NCCc1nccn1C. The van der Waals surface area contributed by atoms with Crippen LogP contribution in [0, 0.1) is 13.8 Å². The second kappa shape index (κ2) is 5.57. The Morgan fingerprint density at radius 3 is 2.58 bits per heavy atom. The highest BCUT2D eigenvalue weighted by atomic mass is 15.3. The number of hydrogen-bond acceptors (Lipinski definition) is 3. The van der Waals surface area contributed by atoms with Crippen molar-refractivity contribution in [2.75, 3.05) is 6.54 Å². The molecule has 19 heavy (non-hydrogen) atoms. The molecule has 0 aliphatic carbocycles. The lowest BCUT2D eigenvalue weighted by atomic mass is 10.1. The molecule has 0 saturated heterocycles. The monoisotopic (exact) mass is 261 g/mol. The quantitative estimate of drug-likeness (QED) is 0.890. The van der Waals surface area contributed by atoms with Crippen molar-refractivity contribution >= 4 is 0 Å². The van der Waals surface area contributed by atoms with Crippen LogP contribution < -0.4 is 5.32 Å². The van der Waals surface area contributed by atoms with Crippen molar-refractivity contribution in [2.45, 2.75) is 33.2 Å². The Kier molecular flexibility index (Phi) is 4.04. The molecule has 2 aromatic rings. The zero-order valence-electron chi connectivity index (χ0n) is 12.4. The molecule has 0 aliphatic rings. The second-order valence-corrected chi connectivity index (χ2v) is 5.09. The van der Waals surface area contributed by atoms with E-state index in [1.54, 1.807) is 0 Å². The van der Waals surface area contributed by atoms with Crippen molar-refractivity contribution in [2.24, 2.45) is 14.1 Å². The van der Waals surface area contributed by atoms with Crippen molar-refractivity contribution < 1.29 is 0 Å². The minimum atomic E-state index is 0.314. The third kappa shape index (κ3) is 2.87. The maximum absolute atomic E-state index is 4.46. The van der Waals surface area contributed by atoms with Crippen LogP contribution in [0.15, 0.2) is 12.4 Å². The van der Waals surface area contributed by atoms with Crippen molar-refractivity contribution in [3.63, 3.8) is 0 Å². The van der Waals surface area contributed by atoms with Gasteiger partial charge in [0.15, 0.2) is 0 Å². The third-order valence-corrected chi connectivity index (χ3v) is 3.72. The first kappa shape index (κ1) is 13.8. The van der Waals surface area contributed by atoms with Crippen LogP contribution in [0.1, 0.15) is 35.7 Å². The highest BCUT2D eigenvalue weighted by Crippen LogP contribution is 2.20. The fourth-order valence-electron chi connectivity index (χ4n) is 2.56. The fourth-order valence-corrected chi connectivity index (χ4v) is 2.56. The molecule has 0 aromatic carbocycles. The Balaban J connectivity index is 1.94. The molecule has 0 fully saturated rings. The van der Waals surface area contributed by atoms with Gasteiger partial charge in [-0.05, 0) is 20.8 Å². The van der Waals surface area contributed by atoms with Crippen LogP contribution in [0.25, 0.3) is 0 Å². The number of nitrogens with one attached hydrogen (secondary N) is 1. The zero-order chi connectivity index (χ0) is 14.0. The fraction of sp³-hybridized carbons (Fsp3) is 0.571. The van der Waals surface area contributed by atoms with Crippen LogP contribution in [0.5, 0.6) is 0 Å². The standard InChI is InChI=1S/C14H23N5/c1-10(14-11(2)17-19(5)12(14)3)15-7-6-13-16-8-9-18(13)4/h8-10,15H,6-7H2,1-5H3. The maximum Gasteiger partial charge on any atom is 0.109 e. The molecule has 0 aliphatic heterocycles. The van der Waals surface area contributed by atoms with Gasteiger partial charge >= 0.3 is 0 Å². The lowest BCUT2D eigenvalue weighted by Crippen LogP contribution is -2.23. The summed E-state index contributed by atoms with van der Waals surface area (Å²) in [4.78, 5) is 4.33. The predicted molar refractivity (Wildman–Crippen MR) is 76.0 cm³/mol. The summed E-state index contributed by atoms with van der Waals surface area (Å²) in [6, 6.07) is 0.314. The molecular formula is C14H23N5. The van der Waals surface area contributed by atoms with Gasteiger partial charge < -0.3 is 9.88 Å². The molecule has 5 nitrogen and oxygen atoms in total. The minimum Gasteiger partial charge on any atom is -0.338 e. The van der Waals surface area contributed by atoms with Crippen molar-refractivity contribution in [3.05, 3.63) is 35.2 Å². The molecule has 0 radical (unpaired) electrons. The summed E-state index contributed by atoms with van der Waals surface area (Å²) >= 11 is 0. The van der Waals surface area contributed by atoms with E-state index in [1.807, 2.05) is 31.2 Å². The van der Waals surface area contributed by atoms with E-state index in [2.05, 4.69) is 40.7 Å². The first-order valence-corrected chi connectivity index (χ1v) is 6.70. The van der Waals surface area contributed by atoms with E-state index in [9.17, 15) is 0 Å². The van der Waals surface area contributed by atoms with Crippen LogP contribution in [-0.4, -0.2) is 25.9 Å². The van der Waals surface area contributed by atoms with E-state index in [-0.39, 0.29) is 0 Å². The lowest BCUT2D eigenvalue weighted by Gasteiger charge is -2.14. The zero-order valence-corrected chi connectivity index (χ0v) is 12.4. The topological polar surface area (TPSA) is 47.7 Å². The van der Waals surface area contributed by atoms with Gasteiger partial charge in [-0.1, -0.05) is 0 Å². The van der Waals surface area contributed by atoms with Gasteiger partial charge in [-0.15, -0.1) is 0 Å². The Morgan fingerprint density at radius 2 is 2.05 bits per heavy atom. The Bertz CT molecular complexity index is 552. The largest absolute Gasteiger partial charge is 0.338 e. The summed E-state index contributed by atoms with van der Waals surface area (Å²) in [6.07, 6.45) is 4.76. The number of rotatable bonds is 5. The highest BCUT2D eigenvalue weighted by Gasteiger charge is 2.15. The summed E-state index contributed by atoms with van der Waals surface area (Å²) in [5, 5.41) is 8.02. The lowest BCUT2D eigenvalue weighted by molar-refractivity contribution is 0.560. The highest BCUT2D eigenvalue weighted by molar-refractivity contribution is 5.27. The van der Waals surface area contributed by atoms with Crippen LogP contribution in [0.3, 0.4) is 0 Å². The summed E-state index contributed by atoms with van der Waals surface area (Å²) in [6.45, 7) is 7.29. The normalized spacial score (nSPS) is 12.9. The first-order chi connectivity index (χ1) is 9.00. The molecule has 104 valence electrons. The number of imidazole rings is 1. The number of aromatic nitrogens is 4. The molecule has 1 atom stereocenters. The van der Waals surface area contributed by atoms with Crippen LogP contribution >= 0.6 is 0 Å². The number of aryl methyl sites for hydroxylation is 3. The molecule has 0 amide bonds. The van der Waals surface area contributed by atoms with Crippen LogP contribution in [0.2, 0.25) is 0 Å². The smallest absolute Gasteiger partial charge is 0.109 e. The van der Waals surface area contributed by atoms with Gasteiger partial charge in [0, 0.05) is 56.8 Å². The van der Waals surface area contributed by atoms with Crippen molar-refractivity contribution in [1.29, 1.82) is 0 Å². The van der Waals surface area contributed by atoms with E-state index in [1.165, 1.54) is 11.3 Å². The van der Waals surface area contributed by atoms with Crippen LogP contribution in [0.4, 0.5) is 0 Å². The van der Waals surface area contributed by atoms with Gasteiger partial charge in [0.1, 0.15) is 5.82 Å². The van der Waals surface area contributed by atoms with E-state index in [0.717, 1.165) is 24.5 Å². The molecule has 1 N–H and O–H groups in total. The first-order valence-electron chi connectivity index (χ1n) is 6.70. The summed E-state index contributed by atoms with van der Waals surface area (Å²) in [7, 11) is 4.02. The molecule has 2 rings (SSSR count). The molecule has 5 heteroatoms. The summed E-state index contributed by atoms with van der Waals surface area (Å²) < 4.78 is 4.01. The van der Waals surface area contributed by atoms with E-state index in [4.69, 9.17) is 0 Å². The van der Waals surface area contributed by atoms with Crippen molar-refractivity contribution in [1.82, 2.24) is 24.6 Å². The van der Waals surface area contributed by atoms with Crippen LogP contribution in [-0.2, 0) is 20.5 Å². The number of hydrogen-bond donors (Lipinski definition) is 1. The summed E-state index contributed by atoms with van der Waals surface area (Å²) in [5.41, 5.74) is 3.65. The Hall–Kier alpha value is -1.62. The molecule has 0 spiro atoms. The molecule has 2 aromatic heterocycles. The van der Waals surface area contributed by atoms with Crippen molar-refractivity contribution in [3.8, 4) is 0 Å². The number of nitrogens with zero attached hydrogens (tertiary/aromatic N) is 4. The molecule has 0 bridgehead atoms. The second-order valence-electron chi connectivity index (χ2n) is 5.09. The van der Waals surface area contributed by atoms with E-state index < -0.39 is 0 Å². The van der Waals surface area contributed by atoms with Gasteiger partial charge in [-0.2, -0.15) is 5.10 Å². The predicted octanol–water partition coefficient (Wildman–Crippen LogP) is 1.66. The Morgan fingerprint density at radius 1 is 1.32 bits per heavy atom. The summed E-state index contributed by atoms with van der Waals surface area (Å²) in [5.74, 6) is 1.11. The molecule has 2 heterocycles. The molecule has 1 unspecified atom stereocenters. The third-order valence-electron chi connectivity index (χ3n) is 3.72. The minimum absolute atomic E-state index is 0.314. The van der Waals surface area contributed by atoms with E-state index in [0.29, 0.717) is 6.04 Å². The van der Waals surface area contributed by atoms with Gasteiger partial charge in [0.25, 0.3) is 0 Å². The van der Waals surface area contributed by atoms with Gasteiger partial charge in [0.2, 0.25) is 0 Å². The van der Waals surface area contributed by atoms with Gasteiger partial charge in [-0.3, -0.25) is 4.68 Å².